The number of benzene rings is 1. The number of carboxylic acids is 1. The van der Waals surface area contributed by atoms with Gasteiger partial charge in [-0.2, -0.15) is 14.4 Å². The Morgan fingerprint density at radius 2 is 1.96 bits per heavy atom. The number of aliphatic hydroxyl groups excluding tert-OH is 1. The van der Waals surface area contributed by atoms with E-state index in [1.807, 2.05) is 0 Å². The van der Waals surface area contributed by atoms with Gasteiger partial charge in [-0.25, -0.2) is 19.4 Å². The quantitative estimate of drug-likeness (QED) is 0.0458. The number of nitrogens with one attached hydrogen (secondary N) is 1. The zero-order chi connectivity index (χ0) is 35.6. The number of halogens is 1. The molecule has 3 heterocycles. The molecule has 6 atom stereocenters. The van der Waals surface area contributed by atoms with E-state index < -0.39 is 62.4 Å². The van der Waals surface area contributed by atoms with Crippen LogP contribution in [0.2, 0.25) is 0 Å². The molecule has 0 radical (unpaired) electrons. The first-order valence-electron chi connectivity index (χ1n) is 16.0. The van der Waals surface area contributed by atoms with Crippen LogP contribution in [-0.2, 0) is 39.1 Å². The van der Waals surface area contributed by atoms with Crippen molar-refractivity contribution in [3.05, 3.63) is 48.3 Å². The number of unbranched alkanes of at least 4 members (excludes halogenated alkanes) is 5. The van der Waals surface area contributed by atoms with Gasteiger partial charge in [0.1, 0.15) is 25.0 Å². The predicted octanol–water partition coefficient (Wildman–Crippen LogP) is 3.92. The van der Waals surface area contributed by atoms with Crippen LogP contribution in [0, 0.1) is 18.4 Å². The number of carbonyl (C=O) groups excluding carboxylic acids is 1. The molecule has 4 rings (SSSR count). The third-order valence-electron chi connectivity index (χ3n) is 8.00. The molecular formula is C32H42FN6O9P. The van der Waals surface area contributed by atoms with Crippen molar-refractivity contribution in [3.63, 3.8) is 0 Å². The number of imidazole rings is 1. The summed E-state index contributed by atoms with van der Waals surface area (Å²) in [5.74, 6) is -0.0882. The highest BCUT2D eigenvalue weighted by Gasteiger charge is 2.50. The van der Waals surface area contributed by atoms with E-state index >= 15 is 0 Å². The summed E-state index contributed by atoms with van der Waals surface area (Å²) in [6.45, 7) is 2.75. The summed E-state index contributed by atoms with van der Waals surface area (Å²) < 4.78 is 52.1. The van der Waals surface area contributed by atoms with E-state index in [0.717, 1.165) is 32.1 Å². The van der Waals surface area contributed by atoms with E-state index in [9.17, 15) is 28.8 Å². The largest absolute Gasteiger partial charge is 0.480 e. The Morgan fingerprint density at radius 1 is 1.24 bits per heavy atom. The van der Waals surface area contributed by atoms with Crippen LogP contribution in [0.3, 0.4) is 0 Å². The summed E-state index contributed by atoms with van der Waals surface area (Å²) in [5, 5.41) is 23.5. The number of terminal acetylenes is 1. The summed E-state index contributed by atoms with van der Waals surface area (Å²) in [5.41, 5.74) is 4.47. The molecule has 17 heteroatoms. The monoisotopic (exact) mass is 704 g/mol. The molecule has 1 fully saturated rings. The van der Waals surface area contributed by atoms with Crippen LogP contribution in [0.4, 0.5) is 10.2 Å². The first kappa shape index (κ1) is 37.8. The molecule has 2 aromatic heterocycles. The number of fused-ring (bicyclic) bond motifs is 1. The van der Waals surface area contributed by atoms with Crippen LogP contribution in [0.5, 0.6) is 0 Å². The first-order valence-corrected chi connectivity index (χ1v) is 17.6. The standard InChI is InChI=1S/C32H42FN6O9P/c1-4-6-7-8-9-13-16-45-30(43)21(3)48-49(44,38-23(29(41)42)17-22-14-11-10-12-15-22)46-19-32(5-2)24(40)18-25(47-32)39-20-35-26-27(34)36-31(33)37-28(26)39/h2,10-12,14-15,20-21,23-25,40H,4,6-9,13,16-19H2,1,3H3,(H,38,44)(H,41,42)(H2,34,36,37)/t21?,23?,24-,25+,32+,49+/m0/s1. The molecule has 2 unspecified atom stereocenters. The molecule has 0 bridgehead atoms. The predicted molar refractivity (Wildman–Crippen MR) is 175 cm³/mol. The zero-order valence-corrected chi connectivity index (χ0v) is 28.3. The van der Waals surface area contributed by atoms with Crippen molar-refractivity contribution in [1.82, 2.24) is 24.6 Å². The molecule has 1 aromatic carbocycles. The summed E-state index contributed by atoms with van der Waals surface area (Å²) >= 11 is 0. The fourth-order valence-corrected chi connectivity index (χ4v) is 6.92. The second-order valence-corrected chi connectivity index (χ2v) is 13.4. The van der Waals surface area contributed by atoms with Crippen LogP contribution < -0.4 is 10.8 Å². The minimum atomic E-state index is -4.72. The Bertz CT molecular complexity index is 1670. The van der Waals surface area contributed by atoms with Gasteiger partial charge in [0.15, 0.2) is 28.7 Å². The number of hydrogen-bond donors (Lipinski definition) is 4. The Morgan fingerprint density at radius 3 is 2.65 bits per heavy atom. The molecule has 0 amide bonds. The number of aromatic nitrogens is 4. The van der Waals surface area contributed by atoms with Crippen LogP contribution in [0.15, 0.2) is 36.7 Å². The highest BCUT2D eigenvalue weighted by molar-refractivity contribution is 7.51. The fourth-order valence-electron chi connectivity index (χ4n) is 5.28. The van der Waals surface area contributed by atoms with E-state index in [0.29, 0.717) is 12.0 Å². The van der Waals surface area contributed by atoms with Crippen molar-refractivity contribution in [2.75, 3.05) is 18.9 Å². The molecule has 1 saturated heterocycles. The van der Waals surface area contributed by atoms with Crippen LogP contribution in [0.25, 0.3) is 11.2 Å². The molecule has 5 N–H and O–H groups in total. The van der Waals surface area contributed by atoms with Crippen molar-refractivity contribution < 1.29 is 47.3 Å². The highest BCUT2D eigenvalue weighted by atomic mass is 31.2. The van der Waals surface area contributed by atoms with Gasteiger partial charge in [0, 0.05) is 6.42 Å². The van der Waals surface area contributed by atoms with Crippen molar-refractivity contribution in [2.24, 2.45) is 0 Å². The van der Waals surface area contributed by atoms with Gasteiger partial charge in [0.2, 0.25) is 0 Å². The van der Waals surface area contributed by atoms with Gasteiger partial charge in [-0.3, -0.25) is 18.4 Å². The number of rotatable bonds is 19. The van der Waals surface area contributed by atoms with E-state index in [2.05, 4.69) is 32.9 Å². The third kappa shape index (κ3) is 9.81. The minimum absolute atomic E-state index is 0.0230. The third-order valence-corrected chi connectivity index (χ3v) is 9.69. The molecule has 15 nitrogen and oxygen atoms in total. The summed E-state index contributed by atoms with van der Waals surface area (Å²) in [6, 6.07) is 7.06. The number of nitrogens with zero attached hydrogens (tertiary/aromatic N) is 4. The molecule has 0 spiro atoms. The highest BCUT2D eigenvalue weighted by Crippen LogP contribution is 2.49. The van der Waals surface area contributed by atoms with Crippen molar-refractivity contribution in [3.8, 4) is 12.3 Å². The van der Waals surface area contributed by atoms with Gasteiger partial charge in [-0.05, 0) is 25.3 Å². The lowest BCUT2D eigenvalue weighted by atomic mass is 9.99. The smallest absolute Gasteiger partial charge is 0.407 e. The topological polar surface area (TPSA) is 210 Å². The molecule has 266 valence electrons. The van der Waals surface area contributed by atoms with Gasteiger partial charge in [0.25, 0.3) is 0 Å². The first-order chi connectivity index (χ1) is 23.4. The number of anilines is 1. The van der Waals surface area contributed by atoms with Gasteiger partial charge >= 0.3 is 25.8 Å². The number of aliphatic hydroxyl groups is 1. The molecule has 1 aliphatic heterocycles. The Balaban J connectivity index is 1.51. The molecule has 3 aromatic rings. The average molecular weight is 705 g/mol. The summed E-state index contributed by atoms with van der Waals surface area (Å²) in [7, 11) is -4.72. The lowest BCUT2D eigenvalue weighted by molar-refractivity contribution is -0.152. The fraction of sp³-hybridized carbons (Fsp3) is 0.531. The number of esters is 1. The van der Waals surface area contributed by atoms with E-state index in [1.165, 1.54) is 17.8 Å². The van der Waals surface area contributed by atoms with Crippen LogP contribution >= 0.6 is 7.75 Å². The van der Waals surface area contributed by atoms with Gasteiger partial charge < -0.3 is 25.4 Å². The maximum Gasteiger partial charge on any atom is 0.407 e. The normalized spacial score (nSPS) is 21.5. The summed E-state index contributed by atoms with van der Waals surface area (Å²) in [4.78, 5) is 36.4. The Kier molecular flexibility index (Phi) is 13.2. The number of carboxylic acid groups (broad SMARTS) is 1. The number of carbonyl (C=O) groups is 2. The number of nitrogens with two attached hydrogens (primary N) is 1. The maximum absolute atomic E-state index is 14.3. The molecule has 49 heavy (non-hydrogen) atoms. The lowest BCUT2D eigenvalue weighted by Gasteiger charge is -2.30. The second-order valence-electron chi connectivity index (χ2n) is 11.7. The SMILES string of the molecule is C#C[C@]1(CO[P@](=O)(NC(Cc2ccccc2)C(=O)O)OC(C)C(=O)OCCCCCCCC)O[C@@H](n2cnc3c(N)nc(F)nc32)C[C@@H]1O. The maximum atomic E-state index is 14.3. The van der Waals surface area contributed by atoms with Crippen molar-refractivity contribution in [2.45, 2.75) is 95.3 Å². The Hall–Kier alpha value is -3.97. The lowest BCUT2D eigenvalue weighted by Crippen LogP contribution is -2.44. The minimum Gasteiger partial charge on any atom is -0.480 e. The van der Waals surface area contributed by atoms with Gasteiger partial charge in [-0.1, -0.05) is 75.3 Å². The van der Waals surface area contributed by atoms with E-state index in [-0.39, 0.29) is 36.4 Å². The zero-order valence-electron chi connectivity index (χ0n) is 27.4. The summed E-state index contributed by atoms with van der Waals surface area (Å²) in [6.07, 6.45) is 7.56. The van der Waals surface area contributed by atoms with Crippen molar-refractivity contribution in [1.29, 1.82) is 0 Å². The number of aliphatic carboxylic acids is 1. The average Bonchev–Trinajstić information content (AvgIpc) is 3.64. The van der Waals surface area contributed by atoms with E-state index in [1.54, 1.807) is 30.3 Å². The number of ether oxygens (including phenoxy) is 2. The number of hydrogen-bond acceptors (Lipinski definition) is 12. The van der Waals surface area contributed by atoms with Gasteiger partial charge in [0.05, 0.1) is 12.9 Å². The Labute approximate surface area is 283 Å². The molecule has 0 aliphatic carbocycles. The van der Waals surface area contributed by atoms with Gasteiger partial charge in [-0.15, -0.1) is 6.42 Å². The second kappa shape index (κ2) is 17.1. The number of nitrogen functional groups attached to an aromatic ring is 1. The van der Waals surface area contributed by atoms with Crippen molar-refractivity contribution >= 4 is 36.7 Å². The van der Waals surface area contributed by atoms with Crippen LogP contribution in [-0.4, -0.2) is 78.7 Å². The molecule has 0 saturated carbocycles. The van der Waals surface area contributed by atoms with Crippen LogP contribution in [0.1, 0.15) is 70.6 Å². The van der Waals surface area contributed by atoms with E-state index in [4.69, 9.17) is 30.7 Å². The molecular weight excluding hydrogens is 662 g/mol. The molecule has 1 aliphatic rings.